The lowest BCUT2D eigenvalue weighted by atomic mass is 10.1. The Labute approximate surface area is 158 Å². The van der Waals surface area contributed by atoms with E-state index in [0.717, 1.165) is 5.69 Å². The summed E-state index contributed by atoms with van der Waals surface area (Å²) in [5, 5.41) is 4.26. The van der Waals surface area contributed by atoms with Crippen LogP contribution >= 0.6 is 0 Å². The number of hydrogen-bond acceptors (Lipinski definition) is 6. The van der Waals surface area contributed by atoms with E-state index in [1.165, 1.54) is 18.3 Å². The molecule has 1 N–H and O–H groups in total. The Balaban J connectivity index is 1.77. The highest BCUT2D eigenvalue weighted by Crippen LogP contribution is 2.23. The molecule has 0 spiro atoms. The number of carbonyl (C=O) groups excluding carboxylic acids is 1. The topological polar surface area (TPSA) is 106 Å². The summed E-state index contributed by atoms with van der Waals surface area (Å²) in [4.78, 5) is 18.4. The van der Waals surface area contributed by atoms with E-state index in [2.05, 4.69) is 14.8 Å². The first-order valence-corrected chi connectivity index (χ1v) is 10.2. The van der Waals surface area contributed by atoms with Crippen molar-refractivity contribution in [2.24, 2.45) is 7.05 Å². The van der Waals surface area contributed by atoms with Crippen LogP contribution in [0, 0.1) is 6.92 Å². The minimum absolute atomic E-state index is 0.00717. The maximum Gasteiger partial charge on any atom is 0.246 e. The number of ether oxygens (including phenoxy) is 1. The third-order valence-corrected chi connectivity index (χ3v) is 5.76. The van der Waals surface area contributed by atoms with Gasteiger partial charge >= 0.3 is 0 Å². The summed E-state index contributed by atoms with van der Waals surface area (Å²) in [6.45, 7) is 4.63. The van der Waals surface area contributed by atoms with E-state index >= 15 is 0 Å². The van der Waals surface area contributed by atoms with Crippen molar-refractivity contribution in [3.05, 3.63) is 30.1 Å². The number of nitrogens with zero attached hydrogens (tertiary/aromatic N) is 4. The van der Waals surface area contributed by atoms with Gasteiger partial charge in [0, 0.05) is 25.7 Å². The summed E-state index contributed by atoms with van der Waals surface area (Å²) < 4.78 is 34.7. The van der Waals surface area contributed by atoms with Gasteiger partial charge in [0.15, 0.2) is 0 Å². The Kier molecular flexibility index (Phi) is 5.47. The summed E-state index contributed by atoms with van der Waals surface area (Å²) in [5.74, 6) is 0.721. The molecule has 1 amide bonds. The number of hydrogen-bond donors (Lipinski definition) is 1. The standard InChI is InChI=1S/C17H23N5O4S/c1-4-26-15-8-7-13(11-18-15)27(24,25)20-14-6-5-9-22(17(14)23)16-10-12(2)19-21(16)3/h7-8,10-11,14,20H,4-6,9H2,1-3H3/t14-/m0/s1. The molecular weight excluding hydrogens is 370 g/mol. The number of anilines is 1. The number of pyridine rings is 1. The van der Waals surface area contributed by atoms with Crippen LogP contribution < -0.4 is 14.4 Å². The zero-order valence-corrected chi connectivity index (χ0v) is 16.4. The molecule has 3 rings (SSSR count). The molecule has 146 valence electrons. The van der Waals surface area contributed by atoms with E-state index in [9.17, 15) is 13.2 Å². The molecule has 1 aliphatic heterocycles. The molecule has 0 aliphatic carbocycles. The molecule has 10 heteroatoms. The smallest absolute Gasteiger partial charge is 0.246 e. The van der Waals surface area contributed by atoms with Gasteiger partial charge in [-0.2, -0.15) is 9.82 Å². The summed E-state index contributed by atoms with van der Waals surface area (Å²) in [5.41, 5.74) is 0.795. The monoisotopic (exact) mass is 393 g/mol. The molecule has 9 nitrogen and oxygen atoms in total. The lowest BCUT2D eigenvalue weighted by Crippen LogP contribution is -2.52. The first kappa shape index (κ1) is 19.3. The summed E-state index contributed by atoms with van der Waals surface area (Å²) in [7, 11) is -2.11. The minimum atomic E-state index is -3.87. The highest BCUT2D eigenvalue weighted by Gasteiger charge is 2.34. The van der Waals surface area contributed by atoms with Crippen molar-refractivity contribution in [2.75, 3.05) is 18.1 Å². The van der Waals surface area contributed by atoms with Crippen molar-refractivity contribution >= 4 is 21.7 Å². The largest absolute Gasteiger partial charge is 0.478 e. The first-order chi connectivity index (χ1) is 12.8. The summed E-state index contributed by atoms with van der Waals surface area (Å²) in [6, 6.07) is 3.89. The van der Waals surface area contributed by atoms with Crippen LogP contribution in [-0.2, 0) is 21.9 Å². The number of piperidine rings is 1. The zero-order valence-electron chi connectivity index (χ0n) is 15.5. The molecule has 0 aromatic carbocycles. The molecule has 1 saturated heterocycles. The summed E-state index contributed by atoms with van der Waals surface area (Å²) >= 11 is 0. The van der Waals surface area contributed by atoms with Gasteiger partial charge in [0.25, 0.3) is 0 Å². The molecule has 1 fully saturated rings. The number of aryl methyl sites for hydroxylation is 2. The van der Waals surface area contributed by atoms with Crippen LogP contribution in [0.2, 0.25) is 0 Å². The quantitative estimate of drug-likeness (QED) is 0.785. The molecule has 0 bridgehead atoms. The fourth-order valence-corrected chi connectivity index (χ4v) is 4.24. The highest BCUT2D eigenvalue weighted by molar-refractivity contribution is 7.89. The average Bonchev–Trinajstić information content (AvgIpc) is 2.95. The van der Waals surface area contributed by atoms with Gasteiger partial charge in [-0.25, -0.2) is 13.4 Å². The third kappa shape index (κ3) is 4.11. The van der Waals surface area contributed by atoms with E-state index in [-0.39, 0.29) is 10.8 Å². The number of amides is 1. The van der Waals surface area contributed by atoms with Crippen LogP contribution in [0.25, 0.3) is 0 Å². The van der Waals surface area contributed by atoms with Crippen molar-refractivity contribution in [3.63, 3.8) is 0 Å². The molecule has 0 radical (unpaired) electrons. The van der Waals surface area contributed by atoms with Gasteiger partial charge in [0.1, 0.15) is 16.8 Å². The van der Waals surface area contributed by atoms with Crippen molar-refractivity contribution < 1.29 is 17.9 Å². The number of rotatable bonds is 6. The highest BCUT2D eigenvalue weighted by atomic mass is 32.2. The fourth-order valence-electron chi connectivity index (χ4n) is 3.08. The third-order valence-electron chi connectivity index (χ3n) is 4.30. The van der Waals surface area contributed by atoms with E-state index in [0.29, 0.717) is 37.7 Å². The van der Waals surface area contributed by atoms with Crippen LogP contribution in [0.3, 0.4) is 0 Å². The fraction of sp³-hybridized carbons (Fsp3) is 0.471. The second-order valence-electron chi connectivity index (χ2n) is 6.34. The maximum atomic E-state index is 12.9. The molecule has 1 aliphatic rings. The predicted molar refractivity (Wildman–Crippen MR) is 99.0 cm³/mol. The Morgan fingerprint density at radius 3 is 2.74 bits per heavy atom. The van der Waals surface area contributed by atoms with Crippen LogP contribution in [0.15, 0.2) is 29.3 Å². The minimum Gasteiger partial charge on any atom is -0.478 e. The number of carbonyl (C=O) groups is 1. The van der Waals surface area contributed by atoms with Crippen LogP contribution in [0.4, 0.5) is 5.82 Å². The molecule has 2 aromatic rings. The second kappa shape index (κ2) is 7.65. The van der Waals surface area contributed by atoms with E-state index in [1.54, 1.807) is 16.6 Å². The van der Waals surface area contributed by atoms with Gasteiger partial charge in [-0.15, -0.1) is 0 Å². The Hall–Kier alpha value is -2.46. The van der Waals surface area contributed by atoms with E-state index in [4.69, 9.17) is 4.74 Å². The molecular formula is C17H23N5O4S. The van der Waals surface area contributed by atoms with Crippen molar-refractivity contribution in [2.45, 2.75) is 37.6 Å². The summed E-state index contributed by atoms with van der Waals surface area (Å²) in [6.07, 6.45) is 2.35. The maximum absolute atomic E-state index is 12.9. The number of sulfonamides is 1. The van der Waals surface area contributed by atoms with E-state index in [1.807, 2.05) is 19.9 Å². The normalized spacial score (nSPS) is 18.0. The Morgan fingerprint density at radius 1 is 1.37 bits per heavy atom. The van der Waals surface area contributed by atoms with Gasteiger partial charge < -0.3 is 4.74 Å². The van der Waals surface area contributed by atoms with Gasteiger partial charge in [-0.3, -0.25) is 14.4 Å². The van der Waals surface area contributed by atoms with E-state index < -0.39 is 16.1 Å². The van der Waals surface area contributed by atoms with Gasteiger partial charge in [0.2, 0.25) is 21.8 Å². The zero-order chi connectivity index (χ0) is 19.6. The van der Waals surface area contributed by atoms with Crippen LogP contribution in [0.5, 0.6) is 5.88 Å². The lowest BCUT2D eigenvalue weighted by molar-refractivity contribution is -0.121. The average molecular weight is 393 g/mol. The molecule has 1 atom stereocenters. The SMILES string of the molecule is CCOc1ccc(S(=O)(=O)N[C@H]2CCCN(c3cc(C)nn3C)C2=O)cn1. The Morgan fingerprint density at radius 2 is 2.15 bits per heavy atom. The molecule has 0 unspecified atom stereocenters. The predicted octanol–water partition coefficient (Wildman–Crippen LogP) is 0.996. The first-order valence-electron chi connectivity index (χ1n) is 8.75. The van der Waals surface area contributed by atoms with Crippen molar-refractivity contribution in [3.8, 4) is 5.88 Å². The van der Waals surface area contributed by atoms with Crippen LogP contribution in [-0.4, -0.2) is 48.3 Å². The number of nitrogens with one attached hydrogen (secondary N) is 1. The molecule has 3 heterocycles. The van der Waals surface area contributed by atoms with Crippen molar-refractivity contribution in [1.82, 2.24) is 19.5 Å². The molecule has 27 heavy (non-hydrogen) atoms. The van der Waals surface area contributed by atoms with Gasteiger partial charge in [-0.1, -0.05) is 0 Å². The number of aromatic nitrogens is 3. The lowest BCUT2D eigenvalue weighted by Gasteiger charge is -2.32. The van der Waals surface area contributed by atoms with Crippen LogP contribution in [0.1, 0.15) is 25.5 Å². The van der Waals surface area contributed by atoms with Crippen molar-refractivity contribution in [1.29, 1.82) is 0 Å². The molecule has 0 saturated carbocycles. The second-order valence-corrected chi connectivity index (χ2v) is 8.05. The molecule has 2 aromatic heterocycles. The Bertz CT molecular complexity index is 923. The van der Waals surface area contributed by atoms with Gasteiger partial charge in [-0.05, 0) is 32.8 Å². The van der Waals surface area contributed by atoms with Gasteiger partial charge in [0.05, 0.1) is 18.5 Å².